The second-order valence-corrected chi connectivity index (χ2v) is 7.16. The normalized spacial score (nSPS) is 13.2. The Bertz CT molecular complexity index is 1010. The summed E-state index contributed by atoms with van der Waals surface area (Å²) >= 11 is 0. The van der Waals surface area contributed by atoms with Gasteiger partial charge in [0.2, 0.25) is 5.91 Å². The zero-order valence-electron chi connectivity index (χ0n) is 16.0. The summed E-state index contributed by atoms with van der Waals surface area (Å²) in [5.41, 5.74) is 7.03. The summed E-state index contributed by atoms with van der Waals surface area (Å²) in [5, 5.41) is 12.7. The van der Waals surface area contributed by atoms with Crippen molar-refractivity contribution in [3.8, 4) is 0 Å². The molecule has 0 aliphatic heterocycles. The number of rotatable bonds is 7. The van der Waals surface area contributed by atoms with Gasteiger partial charge in [-0.25, -0.2) is 0 Å². The highest BCUT2D eigenvalue weighted by atomic mass is 16.3. The average molecular weight is 380 g/mol. The molecule has 2 aromatic carbocycles. The SMILES string of the molecule is Cc1oc2ccc(CCc3ccccc3)cc2c1C(=O)NC(C)(CO)C(N)=O. The molecule has 6 heteroatoms. The van der Waals surface area contributed by atoms with Crippen LogP contribution in [-0.4, -0.2) is 29.1 Å². The lowest BCUT2D eigenvalue weighted by Crippen LogP contribution is -2.57. The van der Waals surface area contributed by atoms with E-state index in [4.69, 9.17) is 10.2 Å². The van der Waals surface area contributed by atoms with E-state index in [0.717, 1.165) is 18.4 Å². The Labute approximate surface area is 163 Å². The van der Waals surface area contributed by atoms with Crippen LogP contribution in [0.1, 0.15) is 34.2 Å². The number of amides is 2. The molecule has 0 aliphatic carbocycles. The summed E-state index contributed by atoms with van der Waals surface area (Å²) in [4.78, 5) is 24.4. The quantitative estimate of drug-likeness (QED) is 0.585. The highest BCUT2D eigenvalue weighted by Gasteiger charge is 2.34. The van der Waals surface area contributed by atoms with E-state index in [1.165, 1.54) is 12.5 Å². The lowest BCUT2D eigenvalue weighted by atomic mass is 9.99. The molecule has 6 nitrogen and oxygen atoms in total. The molecule has 1 atom stereocenters. The number of aliphatic hydroxyl groups is 1. The maximum atomic E-state index is 12.8. The molecule has 0 radical (unpaired) electrons. The van der Waals surface area contributed by atoms with Crippen molar-refractivity contribution < 1.29 is 19.1 Å². The number of hydrogen-bond acceptors (Lipinski definition) is 4. The van der Waals surface area contributed by atoms with Gasteiger partial charge in [-0.15, -0.1) is 0 Å². The third-order valence-corrected chi connectivity index (χ3v) is 4.95. The Balaban J connectivity index is 1.89. The molecule has 0 fully saturated rings. The van der Waals surface area contributed by atoms with Crippen LogP contribution in [-0.2, 0) is 17.6 Å². The molecule has 3 rings (SSSR count). The molecule has 4 N–H and O–H groups in total. The second-order valence-electron chi connectivity index (χ2n) is 7.16. The molecule has 1 heterocycles. The summed E-state index contributed by atoms with van der Waals surface area (Å²) in [5.74, 6) is -0.873. The second kappa shape index (κ2) is 7.86. The van der Waals surface area contributed by atoms with Crippen LogP contribution >= 0.6 is 0 Å². The van der Waals surface area contributed by atoms with Crippen LogP contribution in [0, 0.1) is 6.92 Å². The predicted molar refractivity (Wildman–Crippen MR) is 107 cm³/mol. The molecule has 0 saturated heterocycles. The van der Waals surface area contributed by atoms with Gasteiger partial charge in [-0.2, -0.15) is 0 Å². The molecular weight excluding hydrogens is 356 g/mol. The van der Waals surface area contributed by atoms with E-state index >= 15 is 0 Å². The number of primary amides is 1. The summed E-state index contributed by atoms with van der Waals surface area (Å²) in [6.45, 7) is 2.49. The first-order chi connectivity index (χ1) is 13.3. The van der Waals surface area contributed by atoms with Gasteiger partial charge in [-0.3, -0.25) is 9.59 Å². The zero-order chi connectivity index (χ0) is 20.3. The average Bonchev–Trinajstić information content (AvgIpc) is 3.02. The monoisotopic (exact) mass is 380 g/mol. The minimum absolute atomic E-state index is 0.345. The first-order valence-electron chi connectivity index (χ1n) is 9.13. The van der Waals surface area contributed by atoms with Crippen molar-refractivity contribution in [1.29, 1.82) is 0 Å². The van der Waals surface area contributed by atoms with Crippen molar-refractivity contribution in [3.05, 3.63) is 71.0 Å². The van der Waals surface area contributed by atoms with Crippen LogP contribution < -0.4 is 11.1 Å². The molecule has 0 aliphatic rings. The third-order valence-electron chi connectivity index (χ3n) is 4.95. The van der Waals surface area contributed by atoms with Gasteiger partial charge < -0.3 is 20.6 Å². The molecule has 3 aromatic rings. The van der Waals surface area contributed by atoms with Crippen LogP contribution in [0.15, 0.2) is 52.9 Å². The number of nitrogens with two attached hydrogens (primary N) is 1. The maximum Gasteiger partial charge on any atom is 0.256 e. The van der Waals surface area contributed by atoms with Crippen molar-refractivity contribution in [2.75, 3.05) is 6.61 Å². The largest absolute Gasteiger partial charge is 0.461 e. The van der Waals surface area contributed by atoms with Crippen LogP contribution in [0.25, 0.3) is 11.0 Å². The van der Waals surface area contributed by atoms with Gasteiger partial charge in [-0.1, -0.05) is 36.4 Å². The van der Waals surface area contributed by atoms with Crippen LogP contribution in [0.5, 0.6) is 0 Å². The van der Waals surface area contributed by atoms with Gasteiger partial charge >= 0.3 is 0 Å². The Morgan fingerprint density at radius 1 is 1.11 bits per heavy atom. The fourth-order valence-corrected chi connectivity index (χ4v) is 3.13. The first-order valence-corrected chi connectivity index (χ1v) is 9.13. The molecule has 146 valence electrons. The summed E-state index contributed by atoms with van der Waals surface area (Å²) < 4.78 is 5.71. The van der Waals surface area contributed by atoms with E-state index in [-0.39, 0.29) is 0 Å². The Hall–Kier alpha value is -3.12. The van der Waals surface area contributed by atoms with E-state index in [9.17, 15) is 14.7 Å². The number of benzene rings is 2. The number of fused-ring (bicyclic) bond motifs is 1. The van der Waals surface area contributed by atoms with Gasteiger partial charge in [0.05, 0.1) is 12.2 Å². The van der Waals surface area contributed by atoms with Gasteiger partial charge in [0.1, 0.15) is 16.9 Å². The van der Waals surface area contributed by atoms with Crippen LogP contribution in [0.3, 0.4) is 0 Å². The number of carbonyl (C=O) groups excluding carboxylic acids is 2. The van der Waals surface area contributed by atoms with Gasteiger partial charge in [0, 0.05) is 5.39 Å². The topological polar surface area (TPSA) is 106 Å². The smallest absolute Gasteiger partial charge is 0.256 e. The molecule has 28 heavy (non-hydrogen) atoms. The summed E-state index contributed by atoms with van der Waals surface area (Å²) in [6.07, 6.45) is 1.70. The summed E-state index contributed by atoms with van der Waals surface area (Å²) in [6, 6.07) is 15.9. The van der Waals surface area contributed by atoms with Crippen molar-refractivity contribution in [1.82, 2.24) is 5.32 Å². The van der Waals surface area contributed by atoms with Crippen molar-refractivity contribution in [3.63, 3.8) is 0 Å². The van der Waals surface area contributed by atoms with Gasteiger partial charge in [0.25, 0.3) is 5.91 Å². The highest BCUT2D eigenvalue weighted by molar-refractivity contribution is 6.09. The summed E-state index contributed by atoms with van der Waals surface area (Å²) in [7, 11) is 0. The van der Waals surface area contributed by atoms with E-state index in [1.807, 2.05) is 36.4 Å². The van der Waals surface area contributed by atoms with E-state index < -0.39 is 24.0 Å². The lowest BCUT2D eigenvalue weighted by molar-refractivity contribution is -0.124. The molecule has 0 bridgehead atoms. The third kappa shape index (κ3) is 3.92. The fourth-order valence-electron chi connectivity index (χ4n) is 3.13. The van der Waals surface area contributed by atoms with Crippen LogP contribution in [0.4, 0.5) is 0 Å². The predicted octanol–water partition coefficient (Wildman–Crippen LogP) is 2.49. The molecule has 2 amide bonds. The zero-order valence-corrected chi connectivity index (χ0v) is 16.0. The van der Waals surface area contributed by atoms with Gasteiger partial charge in [-0.05, 0) is 49.9 Å². The minimum atomic E-state index is -1.54. The molecule has 0 saturated carbocycles. The van der Waals surface area contributed by atoms with Crippen molar-refractivity contribution in [2.45, 2.75) is 32.2 Å². The number of carbonyl (C=O) groups is 2. The van der Waals surface area contributed by atoms with E-state index in [0.29, 0.717) is 22.3 Å². The standard InChI is InChI=1S/C22H24N2O4/c1-14-19(20(26)24-22(2,13-25)21(23)27)17-12-16(10-11-18(17)28-14)9-8-15-6-4-3-5-7-15/h3-7,10-12,25H,8-9,13H2,1-2H3,(H2,23,27)(H,24,26). The molecule has 0 spiro atoms. The fraction of sp³-hybridized carbons (Fsp3) is 0.273. The highest BCUT2D eigenvalue weighted by Crippen LogP contribution is 2.27. The number of furan rings is 1. The van der Waals surface area contributed by atoms with Gasteiger partial charge in [0.15, 0.2) is 0 Å². The molecule has 1 unspecified atom stereocenters. The Kier molecular flexibility index (Phi) is 5.51. The number of aliphatic hydroxyl groups excluding tert-OH is 1. The van der Waals surface area contributed by atoms with Crippen molar-refractivity contribution >= 4 is 22.8 Å². The van der Waals surface area contributed by atoms with Crippen molar-refractivity contribution in [2.24, 2.45) is 5.73 Å². The maximum absolute atomic E-state index is 12.8. The lowest BCUT2D eigenvalue weighted by Gasteiger charge is -2.24. The van der Waals surface area contributed by atoms with E-state index in [1.54, 1.807) is 6.92 Å². The number of nitrogens with one attached hydrogen (secondary N) is 1. The van der Waals surface area contributed by atoms with E-state index in [2.05, 4.69) is 17.4 Å². The first kappa shape index (κ1) is 19.6. The van der Waals surface area contributed by atoms with Crippen LogP contribution in [0.2, 0.25) is 0 Å². The Morgan fingerprint density at radius 3 is 2.43 bits per heavy atom. The Morgan fingerprint density at radius 2 is 1.79 bits per heavy atom. The minimum Gasteiger partial charge on any atom is -0.461 e. The number of hydrogen-bond donors (Lipinski definition) is 3. The molecule has 1 aromatic heterocycles. The number of aryl methyl sites for hydroxylation is 3. The molecular formula is C22H24N2O4.